The number of hydrogen-bond donors (Lipinski definition) is 0. The van der Waals surface area contributed by atoms with Crippen molar-refractivity contribution in [3.63, 3.8) is 0 Å². The molecule has 0 saturated carbocycles. The Morgan fingerprint density at radius 2 is 2.14 bits per heavy atom. The van der Waals surface area contributed by atoms with Crippen LogP contribution in [-0.4, -0.2) is 39.4 Å². The van der Waals surface area contributed by atoms with Gasteiger partial charge in [0.1, 0.15) is 12.1 Å². The van der Waals surface area contributed by atoms with Gasteiger partial charge < -0.3 is 9.32 Å². The predicted molar refractivity (Wildman–Crippen MR) is 75.4 cm³/mol. The molecule has 0 aromatic carbocycles. The predicted octanol–water partition coefficient (Wildman–Crippen LogP) is 1.45. The Morgan fingerprint density at radius 1 is 1.29 bits per heavy atom. The molecule has 6 nitrogen and oxygen atoms in total. The second kappa shape index (κ2) is 4.96. The molecule has 2 fully saturated rings. The Hall–Kier alpha value is -2.21. The molecule has 2 aliphatic heterocycles. The molecule has 0 radical (unpaired) electrons. The zero-order valence-corrected chi connectivity index (χ0v) is 11.6. The van der Waals surface area contributed by atoms with Gasteiger partial charge in [0, 0.05) is 19.0 Å². The number of carbonyl (C=O) groups excluding carboxylic acids is 1. The van der Waals surface area contributed by atoms with E-state index in [0.717, 1.165) is 31.0 Å². The van der Waals surface area contributed by atoms with Crippen molar-refractivity contribution in [3.05, 3.63) is 42.9 Å². The van der Waals surface area contributed by atoms with Crippen molar-refractivity contribution in [3.8, 4) is 0 Å². The van der Waals surface area contributed by atoms with Crippen molar-refractivity contribution < 1.29 is 9.21 Å². The normalized spacial score (nSPS) is 25.5. The molecule has 0 aliphatic carbocycles. The Morgan fingerprint density at radius 3 is 2.90 bits per heavy atom. The number of rotatable bonds is 3. The van der Waals surface area contributed by atoms with Crippen LogP contribution >= 0.6 is 0 Å². The van der Waals surface area contributed by atoms with E-state index in [-0.39, 0.29) is 18.0 Å². The number of carbonyl (C=O) groups is 1. The van der Waals surface area contributed by atoms with Crippen molar-refractivity contribution in [2.24, 2.45) is 0 Å². The van der Waals surface area contributed by atoms with E-state index >= 15 is 0 Å². The number of furan rings is 1. The minimum absolute atomic E-state index is 0.156. The average Bonchev–Trinajstić information content (AvgIpc) is 3.19. The molecule has 21 heavy (non-hydrogen) atoms. The van der Waals surface area contributed by atoms with Crippen LogP contribution in [0.1, 0.15) is 18.6 Å². The van der Waals surface area contributed by atoms with Crippen LogP contribution in [0.2, 0.25) is 0 Å². The van der Waals surface area contributed by atoms with Crippen molar-refractivity contribution in [1.82, 2.24) is 14.9 Å². The molecule has 2 saturated heterocycles. The molecule has 2 aromatic rings. The lowest BCUT2D eigenvalue weighted by molar-refractivity contribution is -0.117. The van der Waals surface area contributed by atoms with Gasteiger partial charge in [0.2, 0.25) is 5.91 Å². The van der Waals surface area contributed by atoms with E-state index in [4.69, 9.17) is 4.42 Å². The number of amides is 1. The van der Waals surface area contributed by atoms with Crippen molar-refractivity contribution in [2.75, 3.05) is 11.4 Å². The first-order chi connectivity index (χ1) is 10.3. The van der Waals surface area contributed by atoms with Crippen LogP contribution in [0.25, 0.3) is 0 Å². The number of anilines is 1. The fraction of sp³-hybridized carbons (Fsp3) is 0.400. The average molecular weight is 284 g/mol. The van der Waals surface area contributed by atoms with E-state index in [1.165, 1.54) is 6.33 Å². The zero-order valence-electron chi connectivity index (χ0n) is 11.6. The van der Waals surface area contributed by atoms with Gasteiger partial charge in [-0.05, 0) is 18.6 Å². The Labute approximate surface area is 122 Å². The van der Waals surface area contributed by atoms with Crippen LogP contribution in [0, 0.1) is 0 Å². The lowest BCUT2D eigenvalue weighted by atomic mass is 10.1. The van der Waals surface area contributed by atoms with Crippen LogP contribution in [0.4, 0.5) is 5.69 Å². The summed E-state index contributed by atoms with van der Waals surface area (Å²) >= 11 is 0. The third-order valence-corrected chi connectivity index (χ3v) is 4.37. The van der Waals surface area contributed by atoms with E-state index in [2.05, 4.69) is 14.9 Å². The zero-order chi connectivity index (χ0) is 14.2. The maximum atomic E-state index is 12.4. The highest BCUT2D eigenvalue weighted by Gasteiger charge is 2.47. The third-order valence-electron chi connectivity index (χ3n) is 4.37. The SMILES string of the molecule is O=C1C[C@@H]2[C@@H](CCN2Cc2ccco2)N1c1cncnc1. The number of hydrogen-bond acceptors (Lipinski definition) is 5. The van der Waals surface area contributed by atoms with Crippen molar-refractivity contribution >= 4 is 11.6 Å². The van der Waals surface area contributed by atoms with Crippen LogP contribution in [-0.2, 0) is 11.3 Å². The smallest absolute Gasteiger partial charge is 0.229 e. The first-order valence-electron chi connectivity index (χ1n) is 7.16. The fourth-order valence-corrected chi connectivity index (χ4v) is 3.48. The topological polar surface area (TPSA) is 62.5 Å². The number of aromatic nitrogens is 2. The van der Waals surface area contributed by atoms with E-state index < -0.39 is 0 Å². The van der Waals surface area contributed by atoms with E-state index in [0.29, 0.717) is 6.42 Å². The van der Waals surface area contributed by atoms with E-state index in [9.17, 15) is 4.79 Å². The lowest BCUT2D eigenvalue weighted by Gasteiger charge is -2.24. The van der Waals surface area contributed by atoms with Gasteiger partial charge in [-0.1, -0.05) is 0 Å². The highest BCUT2D eigenvalue weighted by molar-refractivity contribution is 5.97. The molecule has 4 rings (SSSR count). The third kappa shape index (κ3) is 2.12. The molecule has 4 heterocycles. The number of likely N-dealkylation sites (tertiary alicyclic amines) is 1. The summed E-state index contributed by atoms with van der Waals surface area (Å²) in [7, 11) is 0. The maximum absolute atomic E-state index is 12.4. The minimum Gasteiger partial charge on any atom is -0.468 e. The van der Waals surface area contributed by atoms with Gasteiger partial charge in [-0.25, -0.2) is 9.97 Å². The lowest BCUT2D eigenvalue weighted by Crippen LogP contribution is -2.37. The Bertz CT molecular complexity index is 628. The highest BCUT2D eigenvalue weighted by atomic mass is 16.3. The number of nitrogens with zero attached hydrogens (tertiary/aromatic N) is 4. The molecular weight excluding hydrogens is 268 g/mol. The molecule has 2 aliphatic rings. The summed E-state index contributed by atoms with van der Waals surface area (Å²) in [6, 6.07) is 4.35. The number of fused-ring (bicyclic) bond motifs is 1. The van der Waals surface area contributed by atoms with Crippen LogP contribution < -0.4 is 4.90 Å². The molecular formula is C15H16N4O2. The maximum Gasteiger partial charge on any atom is 0.229 e. The summed E-state index contributed by atoms with van der Waals surface area (Å²) in [6.45, 7) is 1.74. The monoisotopic (exact) mass is 284 g/mol. The molecule has 2 aromatic heterocycles. The molecule has 0 spiro atoms. The molecule has 0 bridgehead atoms. The van der Waals surface area contributed by atoms with Gasteiger partial charge in [0.15, 0.2) is 0 Å². The molecule has 0 unspecified atom stereocenters. The summed E-state index contributed by atoms with van der Waals surface area (Å²) in [5.74, 6) is 1.11. The quantitative estimate of drug-likeness (QED) is 0.853. The highest BCUT2D eigenvalue weighted by Crippen LogP contribution is 2.36. The summed E-state index contributed by atoms with van der Waals surface area (Å²) in [5.41, 5.74) is 0.801. The van der Waals surface area contributed by atoms with Gasteiger partial charge in [-0.3, -0.25) is 9.69 Å². The van der Waals surface area contributed by atoms with Crippen LogP contribution in [0.3, 0.4) is 0 Å². The Kier molecular flexibility index (Phi) is 2.96. The van der Waals surface area contributed by atoms with Gasteiger partial charge in [-0.15, -0.1) is 0 Å². The summed E-state index contributed by atoms with van der Waals surface area (Å²) < 4.78 is 5.42. The molecule has 0 N–H and O–H groups in total. The first kappa shape index (κ1) is 12.5. The molecule has 6 heteroatoms. The molecule has 2 atom stereocenters. The van der Waals surface area contributed by atoms with E-state index in [1.54, 1.807) is 18.7 Å². The molecule has 108 valence electrons. The van der Waals surface area contributed by atoms with E-state index in [1.807, 2.05) is 17.0 Å². The van der Waals surface area contributed by atoms with Gasteiger partial charge >= 0.3 is 0 Å². The second-order valence-corrected chi connectivity index (χ2v) is 5.54. The fourth-order valence-electron chi connectivity index (χ4n) is 3.48. The van der Waals surface area contributed by atoms with Crippen LogP contribution in [0.5, 0.6) is 0 Å². The van der Waals surface area contributed by atoms with Crippen molar-refractivity contribution in [1.29, 1.82) is 0 Å². The summed E-state index contributed by atoms with van der Waals surface area (Å²) in [6.07, 6.45) is 8.13. The molecule has 1 amide bonds. The van der Waals surface area contributed by atoms with Gasteiger partial charge in [-0.2, -0.15) is 0 Å². The van der Waals surface area contributed by atoms with Crippen LogP contribution in [0.15, 0.2) is 41.5 Å². The second-order valence-electron chi connectivity index (χ2n) is 5.54. The first-order valence-corrected chi connectivity index (χ1v) is 7.16. The van der Waals surface area contributed by atoms with Gasteiger partial charge in [0.05, 0.1) is 36.9 Å². The Balaban J connectivity index is 1.55. The summed E-state index contributed by atoms with van der Waals surface area (Å²) in [5, 5.41) is 0. The standard InChI is InChI=1S/C15H16N4O2/c20-15-6-14-13(19(15)11-7-16-10-17-8-11)3-4-18(14)9-12-2-1-5-21-12/h1-2,5,7-8,10,13-14H,3-4,6,9H2/t13-,14-/m1/s1. The van der Waals surface area contributed by atoms with Gasteiger partial charge in [0.25, 0.3) is 0 Å². The summed E-state index contributed by atoms with van der Waals surface area (Å²) in [4.78, 5) is 24.6. The minimum atomic E-state index is 0.156. The largest absolute Gasteiger partial charge is 0.468 e. The van der Waals surface area contributed by atoms with Crippen molar-refractivity contribution in [2.45, 2.75) is 31.5 Å².